The van der Waals surface area contributed by atoms with Crippen molar-refractivity contribution in [2.75, 3.05) is 0 Å². The quantitative estimate of drug-likeness (QED) is 0.900. The summed E-state index contributed by atoms with van der Waals surface area (Å²) in [7, 11) is 0. The standard InChI is InChI=1S/C17H23N3/c1-2-5-13(4-1)11-20-12-14(10-19-15-7-8-15)16-6-3-9-18-17(16)20/h3,6,9,12-13,15,19H,1-2,4-5,7-8,10-11H2. The molecule has 0 spiro atoms. The van der Waals surface area contributed by atoms with Crippen LogP contribution in [0.15, 0.2) is 24.5 Å². The van der Waals surface area contributed by atoms with Gasteiger partial charge in [-0.3, -0.25) is 0 Å². The monoisotopic (exact) mass is 269 g/mol. The maximum Gasteiger partial charge on any atom is 0.140 e. The first-order valence-electron chi connectivity index (χ1n) is 8.06. The van der Waals surface area contributed by atoms with Crippen molar-refractivity contribution >= 4 is 11.0 Å². The minimum atomic E-state index is 0.764. The van der Waals surface area contributed by atoms with Gasteiger partial charge in [0.05, 0.1) is 0 Å². The molecule has 20 heavy (non-hydrogen) atoms. The Morgan fingerprint density at radius 1 is 1.20 bits per heavy atom. The van der Waals surface area contributed by atoms with Gasteiger partial charge in [-0.2, -0.15) is 0 Å². The van der Waals surface area contributed by atoms with E-state index in [-0.39, 0.29) is 0 Å². The van der Waals surface area contributed by atoms with E-state index in [1.54, 1.807) is 0 Å². The topological polar surface area (TPSA) is 29.9 Å². The van der Waals surface area contributed by atoms with Crippen LogP contribution in [-0.4, -0.2) is 15.6 Å². The van der Waals surface area contributed by atoms with Crippen molar-refractivity contribution in [1.29, 1.82) is 0 Å². The Balaban J connectivity index is 1.60. The molecular formula is C17H23N3. The molecule has 0 amide bonds. The predicted octanol–water partition coefficient (Wildman–Crippen LogP) is 3.48. The van der Waals surface area contributed by atoms with Crippen LogP contribution in [0.2, 0.25) is 0 Å². The van der Waals surface area contributed by atoms with E-state index in [1.807, 2.05) is 6.20 Å². The molecule has 0 aromatic carbocycles. The number of pyridine rings is 1. The highest BCUT2D eigenvalue weighted by molar-refractivity contribution is 5.80. The number of hydrogen-bond donors (Lipinski definition) is 1. The fourth-order valence-corrected chi connectivity index (χ4v) is 3.49. The molecule has 0 saturated heterocycles. The molecule has 2 aromatic rings. The van der Waals surface area contributed by atoms with E-state index in [2.05, 4.69) is 33.2 Å². The zero-order valence-electron chi connectivity index (χ0n) is 12.0. The molecule has 2 heterocycles. The third-order valence-electron chi connectivity index (χ3n) is 4.80. The highest BCUT2D eigenvalue weighted by Crippen LogP contribution is 2.29. The summed E-state index contributed by atoms with van der Waals surface area (Å²) in [5.41, 5.74) is 2.59. The lowest BCUT2D eigenvalue weighted by Crippen LogP contribution is -2.15. The van der Waals surface area contributed by atoms with Crippen LogP contribution < -0.4 is 5.32 Å². The van der Waals surface area contributed by atoms with Crippen LogP contribution in [0.4, 0.5) is 0 Å². The highest BCUT2D eigenvalue weighted by Gasteiger charge is 2.22. The molecule has 106 valence electrons. The second-order valence-corrected chi connectivity index (χ2v) is 6.49. The van der Waals surface area contributed by atoms with Gasteiger partial charge >= 0.3 is 0 Å². The molecule has 0 atom stereocenters. The summed E-state index contributed by atoms with van der Waals surface area (Å²) in [6, 6.07) is 5.04. The average molecular weight is 269 g/mol. The van der Waals surface area contributed by atoms with E-state index in [0.29, 0.717) is 0 Å². The molecular weight excluding hydrogens is 246 g/mol. The Bertz CT molecular complexity index is 591. The number of hydrogen-bond acceptors (Lipinski definition) is 2. The van der Waals surface area contributed by atoms with Gasteiger partial charge in [-0.25, -0.2) is 4.98 Å². The van der Waals surface area contributed by atoms with Gasteiger partial charge in [0, 0.05) is 36.9 Å². The van der Waals surface area contributed by atoms with Crippen molar-refractivity contribution in [3.8, 4) is 0 Å². The molecule has 2 saturated carbocycles. The predicted molar refractivity (Wildman–Crippen MR) is 81.6 cm³/mol. The molecule has 2 aliphatic carbocycles. The Morgan fingerprint density at radius 3 is 2.85 bits per heavy atom. The fourth-order valence-electron chi connectivity index (χ4n) is 3.49. The average Bonchev–Trinajstić information content (AvgIpc) is 3.05. The molecule has 3 heteroatoms. The van der Waals surface area contributed by atoms with Crippen LogP contribution in [0, 0.1) is 5.92 Å². The highest BCUT2D eigenvalue weighted by atomic mass is 15.0. The van der Waals surface area contributed by atoms with Crippen molar-refractivity contribution in [1.82, 2.24) is 14.9 Å². The molecule has 0 bridgehead atoms. The second kappa shape index (κ2) is 5.21. The first-order valence-corrected chi connectivity index (χ1v) is 8.06. The molecule has 4 rings (SSSR count). The van der Waals surface area contributed by atoms with E-state index >= 15 is 0 Å². The second-order valence-electron chi connectivity index (χ2n) is 6.49. The smallest absolute Gasteiger partial charge is 0.140 e. The summed E-state index contributed by atoms with van der Waals surface area (Å²) in [6.45, 7) is 2.14. The maximum absolute atomic E-state index is 4.62. The lowest BCUT2D eigenvalue weighted by atomic mass is 10.1. The first kappa shape index (κ1) is 12.4. The number of rotatable bonds is 5. The number of fused-ring (bicyclic) bond motifs is 1. The summed E-state index contributed by atoms with van der Waals surface area (Å²) in [4.78, 5) is 4.62. The van der Waals surface area contributed by atoms with Crippen LogP contribution in [-0.2, 0) is 13.1 Å². The Morgan fingerprint density at radius 2 is 2.05 bits per heavy atom. The largest absolute Gasteiger partial charge is 0.332 e. The molecule has 0 radical (unpaired) electrons. The van der Waals surface area contributed by atoms with Crippen molar-refractivity contribution in [3.63, 3.8) is 0 Å². The van der Waals surface area contributed by atoms with Crippen molar-refractivity contribution in [3.05, 3.63) is 30.1 Å². The van der Waals surface area contributed by atoms with E-state index in [1.165, 1.54) is 55.1 Å². The van der Waals surface area contributed by atoms with E-state index in [9.17, 15) is 0 Å². The van der Waals surface area contributed by atoms with E-state index in [0.717, 1.165) is 25.0 Å². The van der Waals surface area contributed by atoms with E-state index < -0.39 is 0 Å². The van der Waals surface area contributed by atoms with Crippen molar-refractivity contribution in [2.24, 2.45) is 5.92 Å². The van der Waals surface area contributed by atoms with Crippen LogP contribution in [0.1, 0.15) is 44.1 Å². The minimum absolute atomic E-state index is 0.764. The SMILES string of the molecule is c1cnc2c(c1)c(CNC1CC1)cn2CC1CCCC1. The Kier molecular flexibility index (Phi) is 3.23. The van der Waals surface area contributed by atoms with E-state index in [4.69, 9.17) is 0 Å². The molecule has 2 aromatic heterocycles. The minimum Gasteiger partial charge on any atom is -0.332 e. The van der Waals surface area contributed by atoms with Gasteiger partial charge in [-0.1, -0.05) is 12.8 Å². The van der Waals surface area contributed by atoms with Gasteiger partial charge in [0.1, 0.15) is 5.65 Å². The molecule has 0 aliphatic heterocycles. The molecule has 3 nitrogen and oxygen atoms in total. The van der Waals surface area contributed by atoms with Crippen LogP contribution in [0.5, 0.6) is 0 Å². The normalized spacial score (nSPS) is 20.0. The molecule has 0 unspecified atom stereocenters. The summed E-state index contributed by atoms with van der Waals surface area (Å²) >= 11 is 0. The Hall–Kier alpha value is -1.35. The zero-order valence-corrected chi connectivity index (χ0v) is 12.0. The number of nitrogens with one attached hydrogen (secondary N) is 1. The van der Waals surface area contributed by atoms with Crippen LogP contribution >= 0.6 is 0 Å². The first-order chi connectivity index (χ1) is 9.90. The molecule has 2 fully saturated rings. The summed E-state index contributed by atoms with van der Waals surface area (Å²) in [5.74, 6) is 0.858. The fraction of sp³-hybridized carbons (Fsp3) is 0.588. The van der Waals surface area contributed by atoms with Gasteiger partial charge in [-0.15, -0.1) is 0 Å². The summed E-state index contributed by atoms with van der Waals surface area (Å²) in [6.07, 6.45) is 12.6. The third-order valence-corrected chi connectivity index (χ3v) is 4.80. The van der Waals surface area contributed by atoms with Crippen molar-refractivity contribution < 1.29 is 0 Å². The van der Waals surface area contributed by atoms with Gasteiger partial charge in [-0.05, 0) is 49.3 Å². The van der Waals surface area contributed by atoms with Crippen LogP contribution in [0.3, 0.4) is 0 Å². The third kappa shape index (κ3) is 2.47. The lowest BCUT2D eigenvalue weighted by molar-refractivity contribution is 0.463. The Labute approximate surface area is 120 Å². The van der Waals surface area contributed by atoms with Gasteiger partial charge in [0.25, 0.3) is 0 Å². The van der Waals surface area contributed by atoms with Gasteiger partial charge < -0.3 is 9.88 Å². The summed E-state index contributed by atoms with van der Waals surface area (Å²) < 4.78 is 2.40. The lowest BCUT2D eigenvalue weighted by Gasteiger charge is -2.10. The van der Waals surface area contributed by atoms with Gasteiger partial charge in [0.15, 0.2) is 0 Å². The molecule has 2 aliphatic rings. The van der Waals surface area contributed by atoms with Crippen LogP contribution in [0.25, 0.3) is 11.0 Å². The maximum atomic E-state index is 4.62. The molecule has 1 N–H and O–H groups in total. The van der Waals surface area contributed by atoms with Gasteiger partial charge in [0.2, 0.25) is 0 Å². The summed E-state index contributed by atoms with van der Waals surface area (Å²) in [5, 5.41) is 4.96. The number of nitrogens with zero attached hydrogens (tertiary/aromatic N) is 2. The number of aromatic nitrogens is 2. The van der Waals surface area contributed by atoms with Crippen molar-refractivity contribution in [2.45, 2.75) is 57.7 Å². The zero-order chi connectivity index (χ0) is 13.4.